The van der Waals surface area contributed by atoms with Crippen LogP contribution >= 0.6 is 23.1 Å². The first-order chi connectivity index (χ1) is 16.8. The molecule has 0 unspecified atom stereocenters. The summed E-state index contributed by atoms with van der Waals surface area (Å²) in [6.45, 7) is 1.95. The number of nitro benzene ring substituents is 1. The summed E-state index contributed by atoms with van der Waals surface area (Å²) < 4.78 is 1.38. The molecule has 5 rings (SSSR count). The number of thioether (sulfide) groups is 1. The van der Waals surface area contributed by atoms with E-state index in [9.17, 15) is 24.5 Å². The highest BCUT2D eigenvalue weighted by Gasteiger charge is 2.41. The van der Waals surface area contributed by atoms with Gasteiger partial charge in [0, 0.05) is 11.8 Å². The van der Waals surface area contributed by atoms with Crippen molar-refractivity contribution in [1.82, 2.24) is 4.98 Å². The zero-order valence-corrected chi connectivity index (χ0v) is 19.8. The van der Waals surface area contributed by atoms with E-state index >= 15 is 0 Å². The molecule has 11 heteroatoms. The number of imide groups is 1. The molecule has 0 saturated heterocycles. The molecule has 0 aliphatic carbocycles. The van der Waals surface area contributed by atoms with Crippen LogP contribution in [0.5, 0.6) is 0 Å². The number of hydrogen-bond donors (Lipinski definition) is 1. The van der Waals surface area contributed by atoms with Crippen LogP contribution in [0.2, 0.25) is 0 Å². The van der Waals surface area contributed by atoms with Crippen LogP contribution in [0.25, 0.3) is 10.2 Å². The van der Waals surface area contributed by atoms with E-state index in [1.807, 2.05) is 31.2 Å². The van der Waals surface area contributed by atoms with Gasteiger partial charge < -0.3 is 5.32 Å². The third-order valence-corrected chi connectivity index (χ3v) is 7.49. The summed E-state index contributed by atoms with van der Waals surface area (Å²) in [5.74, 6) is -1.33. The van der Waals surface area contributed by atoms with Crippen LogP contribution in [0.3, 0.4) is 0 Å². The summed E-state index contributed by atoms with van der Waals surface area (Å²) in [6, 6.07) is 16.4. The number of aryl methyl sites for hydroxylation is 1. The van der Waals surface area contributed by atoms with Gasteiger partial charge in [0.1, 0.15) is 5.56 Å². The van der Waals surface area contributed by atoms with Gasteiger partial charge in [0.25, 0.3) is 17.5 Å². The highest BCUT2D eigenvalue weighted by molar-refractivity contribution is 8.01. The summed E-state index contributed by atoms with van der Waals surface area (Å²) in [5.41, 5.74) is 2.13. The van der Waals surface area contributed by atoms with Crippen molar-refractivity contribution in [2.45, 2.75) is 11.3 Å². The van der Waals surface area contributed by atoms with Crippen molar-refractivity contribution in [3.63, 3.8) is 0 Å². The molecule has 3 amide bonds. The number of hydrogen-bond acceptors (Lipinski definition) is 8. The van der Waals surface area contributed by atoms with Gasteiger partial charge >= 0.3 is 0 Å². The highest BCUT2D eigenvalue weighted by Crippen LogP contribution is 2.37. The minimum absolute atomic E-state index is 0.00414. The lowest BCUT2D eigenvalue weighted by atomic mass is 10.1. The second kappa shape index (κ2) is 8.93. The number of nitrogens with one attached hydrogen (secondary N) is 1. The Hall–Kier alpha value is -4.09. The van der Waals surface area contributed by atoms with E-state index in [1.54, 1.807) is 18.2 Å². The van der Waals surface area contributed by atoms with Crippen molar-refractivity contribution in [1.29, 1.82) is 0 Å². The topological polar surface area (TPSA) is 123 Å². The van der Waals surface area contributed by atoms with Crippen LogP contribution in [-0.2, 0) is 4.79 Å². The monoisotopic (exact) mass is 504 g/mol. The van der Waals surface area contributed by atoms with E-state index in [1.165, 1.54) is 41.3 Å². The molecule has 0 spiro atoms. The number of thiazole rings is 1. The number of amides is 3. The molecule has 35 heavy (non-hydrogen) atoms. The largest absolute Gasteiger partial charge is 0.325 e. The van der Waals surface area contributed by atoms with Crippen LogP contribution in [0.4, 0.5) is 17.1 Å². The highest BCUT2D eigenvalue weighted by atomic mass is 32.2. The quantitative estimate of drug-likeness (QED) is 0.169. The Morgan fingerprint density at radius 2 is 1.91 bits per heavy atom. The van der Waals surface area contributed by atoms with Crippen molar-refractivity contribution in [2.24, 2.45) is 0 Å². The molecule has 0 bridgehead atoms. The molecule has 1 aliphatic rings. The van der Waals surface area contributed by atoms with Crippen molar-refractivity contribution >= 4 is 68.1 Å². The van der Waals surface area contributed by atoms with E-state index in [0.717, 1.165) is 20.9 Å². The third kappa shape index (κ3) is 4.27. The van der Waals surface area contributed by atoms with Crippen LogP contribution in [0.1, 0.15) is 26.3 Å². The minimum Gasteiger partial charge on any atom is -0.325 e. The summed E-state index contributed by atoms with van der Waals surface area (Å²) in [6.07, 6.45) is 0. The van der Waals surface area contributed by atoms with Crippen molar-refractivity contribution < 1.29 is 19.3 Å². The Balaban J connectivity index is 1.34. The molecule has 1 aromatic heterocycles. The van der Waals surface area contributed by atoms with Gasteiger partial charge in [-0.1, -0.05) is 30.0 Å². The molecule has 0 atom stereocenters. The van der Waals surface area contributed by atoms with Gasteiger partial charge in [-0.2, -0.15) is 0 Å². The molecule has 9 nitrogen and oxygen atoms in total. The van der Waals surface area contributed by atoms with Crippen LogP contribution in [-0.4, -0.2) is 33.4 Å². The number of nitrogens with zero attached hydrogens (tertiary/aromatic N) is 3. The first kappa shape index (κ1) is 22.7. The summed E-state index contributed by atoms with van der Waals surface area (Å²) >= 11 is 2.61. The Labute approximate surface area is 206 Å². The number of nitro groups is 1. The van der Waals surface area contributed by atoms with Crippen LogP contribution in [0.15, 0.2) is 65.0 Å². The average molecular weight is 505 g/mol. The second-order valence-electron chi connectivity index (χ2n) is 7.74. The number of carbonyl (C=O) groups is 3. The maximum atomic E-state index is 13.0. The van der Waals surface area contributed by atoms with E-state index in [4.69, 9.17) is 0 Å². The third-order valence-electron chi connectivity index (χ3n) is 5.33. The zero-order valence-electron chi connectivity index (χ0n) is 18.2. The van der Waals surface area contributed by atoms with Gasteiger partial charge in [0.2, 0.25) is 5.91 Å². The molecule has 3 aromatic carbocycles. The maximum Gasteiger partial charge on any atom is 0.283 e. The molecule has 1 N–H and O–H groups in total. The SMILES string of the molecule is Cc1cccc(NC(=O)CSc2nc3ccc(N4C(=O)c5cccc([N+](=O)[O-])c5C4=O)cc3s2)c1. The molecule has 2 heterocycles. The summed E-state index contributed by atoms with van der Waals surface area (Å²) in [5, 5.41) is 14.2. The van der Waals surface area contributed by atoms with Crippen LogP contribution < -0.4 is 10.2 Å². The van der Waals surface area contributed by atoms with Crippen molar-refractivity contribution in [3.8, 4) is 0 Å². The molecular weight excluding hydrogens is 488 g/mol. The first-order valence-electron chi connectivity index (χ1n) is 10.4. The van der Waals surface area contributed by atoms with E-state index in [-0.39, 0.29) is 22.8 Å². The minimum atomic E-state index is -0.733. The molecule has 0 saturated carbocycles. The fourth-order valence-electron chi connectivity index (χ4n) is 3.79. The number of fused-ring (bicyclic) bond motifs is 2. The van der Waals surface area contributed by atoms with Gasteiger partial charge in [0.15, 0.2) is 4.34 Å². The number of benzene rings is 3. The Morgan fingerprint density at radius 1 is 1.11 bits per heavy atom. The fraction of sp³-hybridized carbons (Fsp3) is 0.0833. The molecule has 0 fully saturated rings. The van der Waals surface area contributed by atoms with Gasteiger partial charge in [0.05, 0.1) is 32.1 Å². The lowest BCUT2D eigenvalue weighted by Crippen LogP contribution is -2.29. The van der Waals surface area contributed by atoms with Gasteiger partial charge in [-0.05, 0) is 48.9 Å². The lowest BCUT2D eigenvalue weighted by molar-refractivity contribution is -0.385. The van der Waals surface area contributed by atoms with E-state index < -0.39 is 22.4 Å². The molecule has 0 radical (unpaired) electrons. The van der Waals surface area contributed by atoms with Crippen LogP contribution in [0, 0.1) is 17.0 Å². The average Bonchev–Trinajstić information content (AvgIpc) is 3.35. The van der Waals surface area contributed by atoms with Gasteiger partial charge in [-0.15, -0.1) is 11.3 Å². The number of rotatable bonds is 6. The number of anilines is 2. The predicted molar refractivity (Wildman–Crippen MR) is 134 cm³/mol. The standard InChI is InChI=1S/C24H16N4O5S2/c1-13-4-2-5-14(10-13)25-20(29)12-34-24-26-17-9-8-15(11-19(17)35-24)27-22(30)16-6-3-7-18(28(32)33)21(16)23(27)31/h2-11H,12H2,1H3,(H,25,29). The summed E-state index contributed by atoms with van der Waals surface area (Å²) in [7, 11) is 0. The van der Waals surface area contributed by atoms with E-state index in [0.29, 0.717) is 15.5 Å². The molecule has 1 aliphatic heterocycles. The molecule has 174 valence electrons. The van der Waals surface area contributed by atoms with Gasteiger partial charge in [-0.25, -0.2) is 9.88 Å². The number of carbonyl (C=O) groups excluding carboxylic acids is 3. The smallest absolute Gasteiger partial charge is 0.283 e. The Morgan fingerprint density at radius 3 is 2.69 bits per heavy atom. The Bertz CT molecular complexity index is 1550. The van der Waals surface area contributed by atoms with Crippen molar-refractivity contribution in [3.05, 3.63) is 87.5 Å². The molecule has 4 aromatic rings. The predicted octanol–water partition coefficient (Wildman–Crippen LogP) is 5.04. The lowest BCUT2D eigenvalue weighted by Gasteiger charge is -2.13. The fourth-order valence-corrected chi connectivity index (χ4v) is 5.70. The Kier molecular flexibility index (Phi) is 5.79. The van der Waals surface area contributed by atoms with Crippen molar-refractivity contribution in [2.75, 3.05) is 16.0 Å². The zero-order chi connectivity index (χ0) is 24.7. The number of aromatic nitrogens is 1. The first-order valence-corrected chi connectivity index (χ1v) is 12.2. The second-order valence-corrected chi connectivity index (χ2v) is 9.99. The van der Waals surface area contributed by atoms with E-state index in [2.05, 4.69) is 10.3 Å². The maximum absolute atomic E-state index is 13.0. The summed E-state index contributed by atoms with van der Waals surface area (Å²) in [4.78, 5) is 54.3. The normalized spacial score (nSPS) is 12.8. The molecular formula is C24H16N4O5S2. The van der Waals surface area contributed by atoms with Gasteiger partial charge in [-0.3, -0.25) is 24.5 Å².